The summed E-state index contributed by atoms with van der Waals surface area (Å²) >= 11 is -0.374. The lowest BCUT2D eigenvalue weighted by atomic mass is 9.90. The Morgan fingerprint density at radius 1 is 1.21 bits per heavy atom. The van der Waals surface area contributed by atoms with Gasteiger partial charge < -0.3 is 20.1 Å². The topological polar surface area (TPSA) is 114 Å². The molecule has 0 aliphatic carbocycles. The van der Waals surface area contributed by atoms with Crippen molar-refractivity contribution in [2.75, 3.05) is 51.5 Å². The van der Waals surface area contributed by atoms with E-state index in [1.165, 1.54) is 37.6 Å². The molecule has 0 saturated carbocycles. The maximum Gasteiger partial charge on any atom is 0.447 e. The summed E-state index contributed by atoms with van der Waals surface area (Å²) in [6.07, 6.45) is 3.75. The number of aromatic nitrogens is 2. The zero-order valence-corrected chi connectivity index (χ0v) is 27.6. The summed E-state index contributed by atoms with van der Waals surface area (Å²) in [4.78, 5) is 19.9. The minimum absolute atomic E-state index is 0.0173. The van der Waals surface area contributed by atoms with Crippen LogP contribution in [0.15, 0.2) is 46.6 Å². The van der Waals surface area contributed by atoms with Gasteiger partial charge in [-0.25, -0.2) is 17.8 Å². The van der Waals surface area contributed by atoms with Gasteiger partial charge in [0.25, 0.3) is 5.91 Å². The monoisotopic (exact) mass is 697 g/mol. The van der Waals surface area contributed by atoms with Crippen LogP contribution >= 0.6 is 11.8 Å². The van der Waals surface area contributed by atoms with Crippen LogP contribution in [0.2, 0.25) is 0 Å². The van der Waals surface area contributed by atoms with Crippen LogP contribution in [0.25, 0.3) is 5.65 Å². The van der Waals surface area contributed by atoms with Crippen molar-refractivity contribution >= 4 is 38.8 Å². The molecular formula is C31H35F4N5O5S2. The summed E-state index contributed by atoms with van der Waals surface area (Å²) in [5.41, 5.74) is -3.96. The van der Waals surface area contributed by atoms with Crippen molar-refractivity contribution in [3.8, 4) is 17.6 Å². The molecule has 2 fully saturated rings. The number of rotatable bonds is 8. The fourth-order valence-corrected chi connectivity index (χ4v) is 7.11. The second kappa shape index (κ2) is 14.3. The molecule has 3 atom stereocenters. The van der Waals surface area contributed by atoms with Crippen molar-refractivity contribution in [3.05, 3.63) is 47.8 Å². The number of benzene rings is 1. The Morgan fingerprint density at radius 2 is 1.96 bits per heavy atom. The Balaban J connectivity index is 1.37. The van der Waals surface area contributed by atoms with Gasteiger partial charge in [0.05, 0.1) is 42.0 Å². The lowest BCUT2D eigenvalue weighted by Gasteiger charge is -2.44. The standard InChI is InChI=1S/C31H35F4N5O5S2/c1-19-16-39(21-8-11-45-12-9-21)18-24(32)28(19)38-30(41)23-13-20(17-40-27(15-37-29(23)40)46-31(33,34)35)5-4-10-36-25-7-6-22(47(3,42)43)14-26(25)44-2/h6-7,13-15,17,19,21,24,28,36H,8-12,16,18H2,1-3H3,(H,38,41)/t19-,24-,28+/m0/s1. The Hall–Kier alpha value is -3.52. The van der Waals surface area contributed by atoms with Crippen LogP contribution in [0.1, 0.15) is 35.7 Å². The van der Waals surface area contributed by atoms with Gasteiger partial charge in [-0.3, -0.25) is 14.1 Å². The second-order valence-electron chi connectivity index (χ2n) is 11.6. The van der Waals surface area contributed by atoms with Gasteiger partial charge >= 0.3 is 5.51 Å². The van der Waals surface area contributed by atoms with E-state index in [0.717, 1.165) is 29.7 Å². The molecule has 1 aromatic carbocycles. The number of ether oxygens (including phenoxy) is 2. The molecule has 3 aromatic rings. The fourth-order valence-electron chi connectivity index (χ4n) is 5.89. The third-order valence-electron chi connectivity index (χ3n) is 8.18. The number of amides is 1. The molecule has 4 heterocycles. The number of alkyl halides is 4. The van der Waals surface area contributed by atoms with E-state index in [-0.39, 0.29) is 69.3 Å². The summed E-state index contributed by atoms with van der Waals surface area (Å²) in [5, 5.41) is 5.54. The first-order chi connectivity index (χ1) is 22.2. The molecule has 2 saturated heterocycles. The molecule has 2 aliphatic heterocycles. The number of anilines is 1. The molecule has 1 amide bonds. The number of nitrogens with one attached hydrogen (secondary N) is 2. The quantitative estimate of drug-likeness (QED) is 0.201. The van der Waals surface area contributed by atoms with Crippen LogP contribution in [0.4, 0.5) is 23.2 Å². The summed E-state index contributed by atoms with van der Waals surface area (Å²) < 4.78 is 91.2. The number of piperidine rings is 1. The Bertz CT molecular complexity index is 1770. The molecule has 0 bridgehead atoms. The van der Waals surface area contributed by atoms with Crippen LogP contribution in [-0.2, 0) is 14.6 Å². The second-order valence-corrected chi connectivity index (χ2v) is 14.7. The number of thioether (sulfide) groups is 1. The van der Waals surface area contributed by atoms with Gasteiger partial charge in [-0.2, -0.15) is 13.2 Å². The van der Waals surface area contributed by atoms with Crippen LogP contribution in [-0.4, -0.2) is 98.6 Å². The van der Waals surface area contributed by atoms with E-state index in [0.29, 0.717) is 25.4 Å². The molecule has 16 heteroatoms. The van der Waals surface area contributed by atoms with Crippen molar-refractivity contribution in [3.63, 3.8) is 0 Å². The third-order valence-corrected chi connectivity index (χ3v) is 10.0. The maximum atomic E-state index is 15.5. The van der Waals surface area contributed by atoms with E-state index in [4.69, 9.17) is 9.47 Å². The van der Waals surface area contributed by atoms with Gasteiger partial charge in [0.2, 0.25) is 0 Å². The van der Waals surface area contributed by atoms with E-state index in [1.807, 2.05) is 6.92 Å². The molecule has 0 spiro atoms. The lowest BCUT2D eigenvalue weighted by Crippen LogP contribution is -2.59. The van der Waals surface area contributed by atoms with Crippen LogP contribution in [0.5, 0.6) is 5.75 Å². The van der Waals surface area contributed by atoms with Gasteiger partial charge in [0, 0.05) is 68.2 Å². The molecule has 0 unspecified atom stereocenters. The van der Waals surface area contributed by atoms with Gasteiger partial charge in [0.15, 0.2) is 15.5 Å². The minimum Gasteiger partial charge on any atom is -0.495 e. The summed E-state index contributed by atoms with van der Waals surface area (Å²) in [7, 11) is -2.06. The summed E-state index contributed by atoms with van der Waals surface area (Å²) in [6, 6.07) is 5.16. The zero-order chi connectivity index (χ0) is 33.9. The molecule has 2 aromatic heterocycles. The SMILES string of the molecule is COc1cc(S(C)(=O)=O)ccc1NCC#Cc1cc(C(=O)N[C@@H]2[C@@H](C)CN(C3CCOCC3)C[C@@H]2F)c2ncc(SC(F)(F)F)n2c1. The Morgan fingerprint density at radius 3 is 2.62 bits per heavy atom. The van der Waals surface area contributed by atoms with Crippen molar-refractivity contribution in [2.45, 2.75) is 53.5 Å². The highest BCUT2D eigenvalue weighted by molar-refractivity contribution is 8.00. The number of imidazole rings is 1. The Labute approximate surface area is 274 Å². The first kappa shape index (κ1) is 34.8. The predicted octanol–water partition coefficient (Wildman–Crippen LogP) is 4.39. The number of pyridine rings is 1. The van der Waals surface area contributed by atoms with Crippen molar-refractivity contribution in [2.24, 2.45) is 5.92 Å². The largest absolute Gasteiger partial charge is 0.495 e. The molecule has 2 N–H and O–H groups in total. The number of carbonyl (C=O) groups is 1. The average molecular weight is 698 g/mol. The highest BCUT2D eigenvalue weighted by Crippen LogP contribution is 2.37. The lowest BCUT2D eigenvalue weighted by molar-refractivity contribution is -0.0329. The normalized spacial score (nSPS) is 21.2. The van der Waals surface area contributed by atoms with Gasteiger partial charge in [0.1, 0.15) is 16.9 Å². The van der Waals surface area contributed by atoms with E-state index >= 15 is 4.39 Å². The number of nitrogens with zero attached hydrogens (tertiary/aromatic N) is 3. The maximum absolute atomic E-state index is 15.5. The van der Waals surface area contributed by atoms with Crippen molar-refractivity contribution in [1.82, 2.24) is 19.6 Å². The first-order valence-electron chi connectivity index (χ1n) is 14.9. The van der Waals surface area contributed by atoms with Crippen molar-refractivity contribution in [1.29, 1.82) is 0 Å². The smallest absolute Gasteiger partial charge is 0.447 e. The number of halogens is 4. The van der Waals surface area contributed by atoms with E-state index < -0.39 is 33.5 Å². The van der Waals surface area contributed by atoms with E-state index in [1.54, 1.807) is 0 Å². The van der Waals surface area contributed by atoms with Gasteiger partial charge in [-0.05, 0) is 37.0 Å². The number of sulfone groups is 1. The molecule has 254 valence electrons. The average Bonchev–Trinajstić information content (AvgIpc) is 3.41. The predicted molar refractivity (Wildman–Crippen MR) is 169 cm³/mol. The summed E-state index contributed by atoms with van der Waals surface area (Å²) in [6.45, 7) is 3.92. The number of hydrogen-bond donors (Lipinski definition) is 2. The highest BCUT2D eigenvalue weighted by atomic mass is 32.2. The summed E-state index contributed by atoms with van der Waals surface area (Å²) in [5.74, 6) is 5.11. The molecule has 5 rings (SSSR count). The van der Waals surface area contributed by atoms with Gasteiger partial charge in [-0.15, -0.1) is 0 Å². The molecule has 0 radical (unpaired) electrons. The van der Waals surface area contributed by atoms with Gasteiger partial charge in [-0.1, -0.05) is 18.8 Å². The number of carbonyl (C=O) groups excluding carboxylic acids is 1. The molecule has 2 aliphatic rings. The van der Waals surface area contributed by atoms with Crippen molar-refractivity contribution < 1.29 is 40.2 Å². The fraction of sp³-hybridized carbons (Fsp3) is 0.484. The number of likely N-dealkylation sites (tertiary alicyclic amines) is 1. The molecule has 47 heavy (non-hydrogen) atoms. The van der Waals surface area contributed by atoms with Crippen LogP contribution in [0.3, 0.4) is 0 Å². The number of hydrogen-bond acceptors (Lipinski definition) is 9. The number of methoxy groups -OCH3 is 1. The minimum atomic E-state index is -4.61. The first-order valence-corrected chi connectivity index (χ1v) is 17.6. The highest BCUT2D eigenvalue weighted by Gasteiger charge is 2.39. The number of fused-ring (bicyclic) bond motifs is 1. The molecular weight excluding hydrogens is 662 g/mol. The zero-order valence-electron chi connectivity index (χ0n) is 25.9. The van der Waals surface area contributed by atoms with E-state index in [2.05, 4.69) is 32.4 Å². The van der Waals surface area contributed by atoms with Crippen LogP contribution in [0, 0.1) is 17.8 Å². The Kier molecular flexibility index (Phi) is 10.6. The third kappa shape index (κ3) is 8.50. The van der Waals surface area contributed by atoms with Crippen LogP contribution < -0.4 is 15.4 Å². The molecule has 10 nitrogen and oxygen atoms in total. The van der Waals surface area contributed by atoms with E-state index in [9.17, 15) is 26.4 Å².